The third-order valence-electron chi connectivity index (χ3n) is 3.69. The van der Waals surface area contributed by atoms with Gasteiger partial charge in [-0.15, -0.1) is 11.3 Å². The summed E-state index contributed by atoms with van der Waals surface area (Å²) in [6, 6.07) is 0. The van der Waals surface area contributed by atoms with Gasteiger partial charge in [0.25, 0.3) is 0 Å². The predicted octanol–water partition coefficient (Wildman–Crippen LogP) is 3.24. The van der Waals surface area contributed by atoms with Gasteiger partial charge in [-0.05, 0) is 31.7 Å². The Morgan fingerprint density at radius 2 is 2.19 bits per heavy atom. The van der Waals surface area contributed by atoms with Crippen LogP contribution in [0.4, 0.5) is 5.13 Å². The van der Waals surface area contributed by atoms with Crippen LogP contribution in [0.25, 0.3) is 0 Å². The Kier molecular flexibility index (Phi) is 6.45. The van der Waals surface area contributed by atoms with Gasteiger partial charge in [-0.2, -0.15) is 0 Å². The number of rotatable bonds is 10. The number of nitrogens with zero attached hydrogens (tertiary/aromatic N) is 2. The van der Waals surface area contributed by atoms with Crippen LogP contribution in [0.15, 0.2) is 0 Å². The summed E-state index contributed by atoms with van der Waals surface area (Å²) in [4.78, 5) is 8.61. The Morgan fingerprint density at radius 3 is 2.81 bits per heavy atom. The zero-order chi connectivity index (χ0) is 15.2. The molecule has 1 N–H and O–H groups in total. The Hall–Kier alpha value is -0.650. The van der Waals surface area contributed by atoms with Gasteiger partial charge in [-0.25, -0.2) is 4.98 Å². The standard InChI is InChI=1S/C16H29N3OS/c1-12(2)10-17-11-14-15(13-6-7-13)18-16(21-14)19(3)8-5-9-20-4/h12-13,17H,5-11H2,1-4H3. The first kappa shape index (κ1) is 16.7. The van der Waals surface area contributed by atoms with Gasteiger partial charge in [0.15, 0.2) is 5.13 Å². The van der Waals surface area contributed by atoms with Crippen molar-refractivity contribution >= 4 is 16.5 Å². The zero-order valence-corrected chi connectivity index (χ0v) is 14.6. The maximum Gasteiger partial charge on any atom is 0.185 e. The number of thiazole rings is 1. The molecule has 1 aromatic heterocycles. The maximum absolute atomic E-state index is 5.13. The largest absolute Gasteiger partial charge is 0.385 e. The molecule has 5 heteroatoms. The molecule has 1 aromatic rings. The molecule has 1 aliphatic carbocycles. The lowest BCUT2D eigenvalue weighted by Gasteiger charge is -2.14. The summed E-state index contributed by atoms with van der Waals surface area (Å²) in [6.45, 7) is 8.35. The van der Waals surface area contributed by atoms with Crippen LogP contribution in [0.5, 0.6) is 0 Å². The van der Waals surface area contributed by atoms with E-state index in [0.29, 0.717) is 5.92 Å². The first-order valence-corrected chi connectivity index (χ1v) is 8.83. The van der Waals surface area contributed by atoms with E-state index in [0.717, 1.165) is 43.7 Å². The summed E-state index contributed by atoms with van der Waals surface area (Å²) in [5.74, 6) is 1.41. The second kappa shape index (κ2) is 8.11. The zero-order valence-electron chi connectivity index (χ0n) is 13.8. The van der Waals surface area contributed by atoms with E-state index in [1.165, 1.54) is 23.4 Å². The van der Waals surface area contributed by atoms with E-state index >= 15 is 0 Å². The molecule has 4 nitrogen and oxygen atoms in total. The average molecular weight is 311 g/mol. The first-order chi connectivity index (χ1) is 10.1. The van der Waals surface area contributed by atoms with E-state index in [4.69, 9.17) is 9.72 Å². The molecule has 0 radical (unpaired) electrons. The van der Waals surface area contributed by atoms with Gasteiger partial charge in [-0.3, -0.25) is 0 Å². The Labute approximate surface area is 132 Å². The normalized spacial score (nSPS) is 14.9. The number of hydrogen-bond donors (Lipinski definition) is 1. The number of nitrogens with one attached hydrogen (secondary N) is 1. The Morgan fingerprint density at radius 1 is 1.43 bits per heavy atom. The smallest absolute Gasteiger partial charge is 0.185 e. The number of methoxy groups -OCH3 is 1. The molecule has 1 heterocycles. The van der Waals surface area contributed by atoms with Gasteiger partial charge in [0.1, 0.15) is 0 Å². The lowest BCUT2D eigenvalue weighted by atomic mass is 10.2. The summed E-state index contributed by atoms with van der Waals surface area (Å²) in [5, 5.41) is 4.72. The molecule has 0 atom stereocenters. The topological polar surface area (TPSA) is 37.4 Å². The van der Waals surface area contributed by atoms with E-state index in [-0.39, 0.29) is 0 Å². The summed E-state index contributed by atoms with van der Waals surface area (Å²) < 4.78 is 5.13. The number of ether oxygens (including phenoxy) is 1. The third-order valence-corrected chi connectivity index (χ3v) is 4.87. The minimum Gasteiger partial charge on any atom is -0.385 e. The van der Waals surface area contributed by atoms with Gasteiger partial charge in [0, 0.05) is 44.6 Å². The monoisotopic (exact) mass is 311 g/mol. The average Bonchev–Trinajstić information content (AvgIpc) is 3.19. The van der Waals surface area contributed by atoms with Gasteiger partial charge in [0.05, 0.1) is 5.69 Å². The highest BCUT2D eigenvalue weighted by molar-refractivity contribution is 7.15. The summed E-state index contributed by atoms with van der Waals surface area (Å²) in [5.41, 5.74) is 1.35. The fourth-order valence-corrected chi connectivity index (χ4v) is 3.44. The predicted molar refractivity (Wildman–Crippen MR) is 90.4 cm³/mol. The third kappa shape index (κ3) is 5.24. The second-order valence-electron chi connectivity index (χ2n) is 6.37. The summed E-state index contributed by atoms with van der Waals surface area (Å²) >= 11 is 1.86. The maximum atomic E-state index is 5.13. The van der Waals surface area contributed by atoms with Gasteiger partial charge in [-0.1, -0.05) is 13.8 Å². The highest BCUT2D eigenvalue weighted by atomic mass is 32.1. The minimum atomic E-state index is 0.693. The van der Waals surface area contributed by atoms with Crippen LogP contribution < -0.4 is 10.2 Å². The van der Waals surface area contributed by atoms with Crippen molar-refractivity contribution in [3.05, 3.63) is 10.6 Å². The van der Waals surface area contributed by atoms with Crippen LogP contribution in [0.1, 0.15) is 49.6 Å². The van der Waals surface area contributed by atoms with Crippen molar-refractivity contribution in [2.45, 2.75) is 45.6 Å². The highest BCUT2D eigenvalue weighted by Crippen LogP contribution is 2.44. The summed E-state index contributed by atoms with van der Waals surface area (Å²) in [7, 11) is 3.89. The Balaban J connectivity index is 1.95. The van der Waals surface area contributed by atoms with Gasteiger partial charge >= 0.3 is 0 Å². The van der Waals surface area contributed by atoms with Crippen LogP contribution in [0.2, 0.25) is 0 Å². The molecule has 2 rings (SSSR count). The summed E-state index contributed by atoms with van der Waals surface area (Å²) in [6.07, 6.45) is 3.67. The van der Waals surface area contributed by atoms with Crippen molar-refractivity contribution in [2.75, 3.05) is 38.8 Å². The van der Waals surface area contributed by atoms with Crippen molar-refractivity contribution in [1.29, 1.82) is 0 Å². The van der Waals surface area contributed by atoms with E-state index in [2.05, 4.69) is 31.1 Å². The molecule has 0 amide bonds. The molecule has 0 saturated heterocycles. The van der Waals surface area contributed by atoms with Crippen LogP contribution in [-0.2, 0) is 11.3 Å². The van der Waals surface area contributed by atoms with Crippen LogP contribution in [0.3, 0.4) is 0 Å². The van der Waals surface area contributed by atoms with Gasteiger partial charge < -0.3 is 15.0 Å². The molecule has 0 aliphatic heterocycles. The van der Waals surface area contributed by atoms with Crippen LogP contribution >= 0.6 is 11.3 Å². The molecule has 1 fully saturated rings. The molecule has 1 saturated carbocycles. The van der Waals surface area contributed by atoms with Crippen molar-refractivity contribution < 1.29 is 4.74 Å². The van der Waals surface area contributed by atoms with E-state index < -0.39 is 0 Å². The van der Waals surface area contributed by atoms with Crippen LogP contribution in [0, 0.1) is 5.92 Å². The van der Waals surface area contributed by atoms with Crippen molar-refractivity contribution in [3.8, 4) is 0 Å². The molecule has 0 unspecified atom stereocenters. The van der Waals surface area contributed by atoms with E-state index in [9.17, 15) is 0 Å². The SMILES string of the molecule is COCCCN(C)c1nc(C2CC2)c(CNCC(C)C)s1. The molecule has 120 valence electrons. The van der Waals surface area contributed by atoms with Gasteiger partial charge in [0.2, 0.25) is 0 Å². The van der Waals surface area contributed by atoms with Crippen molar-refractivity contribution in [2.24, 2.45) is 5.92 Å². The van der Waals surface area contributed by atoms with E-state index in [1.54, 1.807) is 7.11 Å². The fraction of sp³-hybridized carbons (Fsp3) is 0.812. The molecule has 0 aromatic carbocycles. The Bertz CT molecular complexity index is 429. The molecular weight excluding hydrogens is 282 g/mol. The lowest BCUT2D eigenvalue weighted by Crippen LogP contribution is -2.19. The molecule has 1 aliphatic rings. The van der Waals surface area contributed by atoms with E-state index in [1.807, 2.05) is 11.3 Å². The van der Waals surface area contributed by atoms with Crippen molar-refractivity contribution in [1.82, 2.24) is 10.3 Å². The number of hydrogen-bond acceptors (Lipinski definition) is 5. The lowest BCUT2D eigenvalue weighted by molar-refractivity contribution is 0.196. The quantitative estimate of drug-likeness (QED) is 0.673. The number of anilines is 1. The second-order valence-corrected chi connectivity index (χ2v) is 7.43. The molecule has 0 spiro atoms. The first-order valence-electron chi connectivity index (χ1n) is 8.02. The van der Waals surface area contributed by atoms with Crippen molar-refractivity contribution in [3.63, 3.8) is 0 Å². The molecule has 0 bridgehead atoms. The molecular formula is C16H29N3OS. The minimum absolute atomic E-state index is 0.693. The molecule has 21 heavy (non-hydrogen) atoms. The van der Waals surface area contributed by atoms with Crippen LogP contribution in [-0.4, -0.2) is 38.8 Å². The number of aromatic nitrogens is 1. The fourth-order valence-electron chi connectivity index (χ4n) is 2.33. The highest BCUT2D eigenvalue weighted by Gasteiger charge is 2.30.